The van der Waals surface area contributed by atoms with E-state index in [-0.39, 0.29) is 12.0 Å². The minimum atomic E-state index is -1.17. The van der Waals surface area contributed by atoms with Crippen LogP contribution in [0.1, 0.15) is 41.6 Å². The van der Waals surface area contributed by atoms with Gasteiger partial charge in [0.05, 0.1) is 39.2 Å². The Hall–Kier alpha value is -2.14. The van der Waals surface area contributed by atoms with Gasteiger partial charge in [-0.05, 0) is 55.4 Å². The molecule has 0 amide bonds. The summed E-state index contributed by atoms with van der Waals surface area (Å²) < 4.78 is 12.8. The smallest absolute Gasteiger partial charge is 0.149 e. The van der Waals surface area contributed by atoms with Crippen molar-refractivity contribution in [3.05, 3.63) is 45.6 Å². The van der Waals surface area contributed by atoms with E-state index in [0.29, 0.717) is 34.1 Å². The summed E-state index contributed by atoms with van der Waals surface area (Å²) in [6.45, 7) is 1.69. The molecule has 1 unspecified atom stereocenters. The van der Waals surface area contributed by atoms with Crippen LogP contribution in [-0.2, 0) is 30.1 Å². The summed E-state index contributed by atoms with van der Waals surface area (Å²) in [5.74, 6) is 1.23. The molecule has 1 saturated heterocycles. The molecule has 2 fully saturated rings. The number of fused-ring (bicyclic) bond motifs is 2. The van der Waals surface area contributed by atoms with Crippen LogP contribution in [0, 0.1) is 16.7 Å². The Morgan fingerprint density at radius 2 is 2.06 bits per heavy atom. The van der Waals surface area contributed by atoms with Gasteiger partial charge in [-0.25, -0.2) is 4.98 Å². The second-order valence-corrected chi connectivity index (χ2v) is 11.9. The molecule has 4 aliphatic rings. The van der Waals surface area contributed by atoms with Gasteiger partial charge in [0.25, 0.3) is 0 Å². The minimum Gasteiger partial charge on any atom is -0.394 e. The number of aromatic nitrogens is 1. The Morgan fingerprint density at radius 1 is 1.28 bits per heavy atom. The Balaban J connectivity index is 1.34. The number of aryl methyl sites for hydroxylation is 1. The van der Waals surface area contributed by atoms with Crippen molar-refractivity contribution in [1.82, 2.24) is 4.98 Å². The average molecular weight is 469 g/mol. The van der Waals surface area contributed by atoms with E-state index in [9.17, 15) is 14.6 Å². The highest BCUT2D eigenvalue weighted by Gasteiger charge is 2.49. The summed E-state index contributed by atoms with van der Waals surface area (Å²) in [7, 11) is -1.17. The van der Waals surface area contributed by atoms with E-state index in [1.54, 1.807) is 0 Å². The summed E-state index contributed by atoms with van der Waals surface area (Å²) in [6, 6.07) is 8.53. The third-order valence-corrected chi connectivity index (χ3v) is 9.43. The number of aliphatic hydroxyl groups is 1. The molecular formula is C24H25ClN4O2S. The maximum absolute atomic E-state index is 12.8. The van der Waals surface area contributed by atoms with E-state index in [2.05, 4.69) is 28.4 Å². The van der Waals surface area contributed by atoms with Crippen LogP contribution in [0.4, 0.5) is 11.5 Å². The SMILES string of the molecule is N#Cc1c(N2CC3(Cc4ccc(Cl)cc4C3)C2)nc2c(c1NC1(CO)CCC1)S(=O)CC2. The molecule has 2 aliphatic carbocycles. The predicted octanol–water partition coefficient (Wildman–Crippen LogP) is 3.20. The van der Waals surface area contributed by atoms with Gasteiger partial charge >= 0.3 is 0 Å². The van der Waals surface area contributed by atoms with E-state index in [0.717, 1.165) is 55.9 Å². The van der Waals surface area contributed by atoms with Gasteiger partial charge < -0.3 is 15.3 Å². The molecule has 6 rings (SSSR count). The fourth-order valence-electron chi connectivity index (χ4n) is 5.89. The topological polar surface area (TPSA) is 89.2 Å². The first-order valence-electron chi connectivity index (χ1n) is 11.2. The van der Waals surface area contributed by atoms with Crippen LogP contribution >= 0.6 is 11.6 Å². The van der Waals surface area contributed by atoms with Gasteiger partial charge in [0.1, 0.15) is 17.5 Å². The van der Waals surface area contributed by atoms with Crippen LogP contribution in [-0.4, -0.2) is 45.3 Å². The molecule has 1 atom stereocenters. The number of hydrogen-bond acceptors (Lipinski definition) is 6. The highest BCUT2D eigenvalue weighted by atomic mass is 35.5. The lowest BCUT2D eigenvalue weighted by molar-refractivity contribution is 0.144. The summed E-state index contributed by atoms with van der Waals surface area (Å²) in [6.07, 6.45) is 5.41. The van der Waals surface area contributed by atoms with Crippen LogP contribution in [0.25, 0.3) is 0 Å². The van der Waals surface area contributed by atoms with Gasteiger partial charge in [-0.2, -0.15) is 5.26 Å². The monoisotopic (exact) mass is 468 g/mol. The van der Waals surface area contributed by atoms with Crippen molar-refractivity contribution in [2.24, 2.45) is 5.41 Å². The third kappa shape index (κ3) is 3.00. The number of halogens is 1. The number of aliphatic hydroxyl groups excluding tert-OH is 1. The van der Waals surface area contributed by atoms with Crippen molar-refractivity contribution in [2.45, 2.75) is 49.0 Å². The van der Waals surface area contributed by atoms with Crippen LogP contribution < -0.4 is 10.2 Å². The Morgan fingerprint density at radius 3 is 2.75 bits per heavy atom. The zero-order valence-corrected chi connectivity index (χ0v) is 19.4. The second-order valence-electron chi connectivity index (χ2n) is 9.91. The summed E-state index contributed by atoms with van der Waals surface area (Å²) in [5.41, 5.74) is 4.36. The quantitative estimate of drug-likeness (QED) is 0.716. The first-order chi connectivity index (χ1) is 15.4. The van der Waals surface area contributed by atoms with Gasteiger partial charge in [0.2, 0.25) is 0 Å². The fourth-order valence-corrected chi connectivity index (χ4v) is 7.46. The van der Waals surface area contributed by atoms with Gasteiger partial charge in [-0.3, -0.25) is 4.21 Å². The lowest BCUT2D eigenvalue weighted by Crippen LogP contribution is -2.57. The highest BCUT2D eigenvalue weighted by molar-refractivity contribution is 7.85. The molecule has 1 aromatic carbocycles. The summed E-state index contributed by atoms with van der Waals surface area (Å²) in [5, 5.41) is 24.4. The first-order valence-corrected chi connectivity index (χ1v) is 12.9. The average Bonchev–Trinajstić information content (AvgIpc) is 3.29. The molecule has 1 saturated carbocycles. The van der Waals surface area contributed by atoms with E-state index >= 15 is 0 Å². The number of pyridine rings is 1. The molecule has 2 aromatic rings. The minimum absolute atomic E-state index is 0.00454. The molecule has 0 bridgehead atoms. The van der Waals surface area contributed by atoms with Crippen LogP contribution in [0.3, 0.4) is 0 Å². The molecule has 166 valence electrons. The van der Waals surface area contributed by atoms with Gasteiger partial charge in [0, 0.05) is 35.7 Å². The van der Waals surface area contributed by atoms with Crippen LogP contribution in [0.15, 0.2) is 23.1 Å². The number of hydrogen-bond donors (Lipinski definition) is 2. The number of nitrogens with one attached hydrogen (secondary N) is 1. The number of anilines is 2. The zero-order valence-electron chi connectivity index (χ0n) is 17.8. The third-order valence-electron chi connectivity index (χ3n) is 7.72. The molecule has 6 nitrogen and oxygen atoms in total. The van der Waals surface area contributed by atoms with Crippen molar-refractivity contribution in [2.75, 3.05) is 35.7 Å². The molecule has 32 heavy (non-hydrogen) atoms. The lowest BCUT2D eigenvalue weighted by Gasteiger charge is -2.49. The summed E-state index contributed by atoms with van der Waals surface area (Å²) >= 11 is 6.20. The van der Waals surface area contributed by atoms with Crippen molar-refractivity contribution in [3.8, 4) is 6.07 Å². The van der Waals surface area contributed by atoms with Gasteiger partial charge in [-0.15, -0.1) is 0 Å². The van der Waals surface area contributed by atoms with E-state index in [1.807, 2.05) is 6.07 Å². The highest BCUT2D eigenvalue weighted by Crippen LogP contribution is 2.48. The maximum Gasteiger partial charge on any atom is 0.149 e. The molecule has 1 aromatic heterocycles. The molecule has 1 spiro atoms. The largest absolute Gasteiger partial charge is 0.394 e. The van der Waals surface area contributed by atoms with E-state index in [1.165, 1.54) is 11.1 Å². The Kier molecular flexibility index (Phi) is 4.59. The maximum atomic E-state index is 12.8. The number of benzene rings is 1. The van der Waals surface area contributed by atoms with Gasteiger partial charge in [0.15, 0.2) is 0 Å². The molecule has 8 heteroatoms. The first kappa shape index (κ1) is 20.5. The predicted molar refractivity (Wildman–Crippen MR) is 125 cm³/mol. The zero-order chi connectivity index (χ0) is 22.1. The number of nitriles is 1. The molecule has 3 heterocycles. The molecular weight excluding hydrogens is 444 g/mol. The standard InChI is InChI=1S/C24H25ClN4O2S/c25-17-3-2-15-9-23(10-16(15)8-17)12-29(13-23)22-18(11-26)20(28-24(14-30)5-1-6-24)21-19(27-22)4-7-32(21)31/h2-3,8,30H,1,4-7,9-10,12-14H2,(H,27,28). The lowest BCUT2D eigenvalue weighted by atomic mass is 9.76. The van der Waals surface area contributed by atoms with E-state index in [4.69, 9.17) is 16.6 Å². The molecule has 2 aliphatic heterocycles. The van der Waals surface area contributed by atoms with Crippen molar-refractivity contribution in [1.29, 1.82) is 5.26 Å². The van der Waals surface area contributed by atoms with Crippen molar-refractivity contribution >= 4 is 33.9 Å². The Bertz CT molecular complexity index is 1190. The Labute approximate surface area is 195 Å². The fraction of sp³-hybridized carbons (Fsp3) is 0.500. The normalized spacial score (nSPS) is 23.8. The number of rotatable bonds is 4. The van der Waals surface area contributed by atoms with E-state index < -0.39 is 16.3 Å². The number of nitrogens with zero attached hydrogens (tertiary/aromatic N) is 3. The van der Waals surface area contributed by atoms with Crippen molar-refractivity contribution in [3.63, 3.8) is 0 Å². The van der Waals surface area contributed by atoms with Crippen molar-refractivity contribution < 1.29 is 9.32 Å². The molecule has 0 radical (unpaired) electrons. The molecule has 2 N–H and O–H groups in total. The van der Waals surface area contributed by atoms with Crippen LogP contribution in [0.2, 0.25) is 5.02 Å². The van der Waals surface area contributed by atoms with Crippen LogP contribution in [0.5, 0.6) is 0 Å². The van der Waals surface area contributed by atoms with Gasteiger partial charge in [-0.1, -0.05) is 17.7 Å². The summed E-state index contributed by atoms with van der Waals surface area (Å²) in [4.78, 5) is 7.73. The second kappa shape index (κ2) is 7.18.